The lowest BCUT2D eigenvalue weighted by Gasteiger charge is -2.37. The highest BCUT2D eigenvalue weighted by Crippen LogP contribution is 2.47. The normalized spacial score (nSPS) is 34.2. The zero-order chi connectivity index (χ0) is 17.2. The molecule has 3 rings (SSSR count). The van der Waals surface area contributed by atoms with Crippen LogP contribution in [0, 0.1) is 5.41 Å². The lowest BCUT2D eigenvalue weighted by Crippen LogP contribution is -2.64. The van der Waals surface area contributed by atoms with Crippen LogP contribution in [-0.2, 0) is 23.8 Å². The van der Waals surface area contributed by atoms with E-state index in [9.17, 15) is 14.4 Å². The van der Waals surface area contributed by atoms with Gasteiger partial charge in [-0.15, -0.1) is 0 Å². The van der Waals surface area contributed by atoms with Gasteiger partial charge in [-0.3, -0.25) is 4.79 Å². The molecule has 2 amide bonds. The Hall–Kier alpha value is -1.90. The Kier molecular flexibility index (Phi) is 3.17. The van der Waals surface area contributed by atoms with Gasteiger partial charge >= 0.3 is 12.1 Å². The summed E-state index contributed by atoms with van der Waals surface area (Å²) in [6, 6.07) is -1.15. The van der Waals surface area contributed by atoms with Gasteiger partial charge in [-0.25, -0.2) is 14.5 Å². The van der Waals surface area contributed by atoms with Crippen LogP contribution in [0.5, 0.6) is 0 Å². The van der Waals surface area contributed by atoms with Crippen LogP contribution in [0.25, 0.3) is 0 Å². The largest absolute Gasteiger partial charge is 0.462 e. The Morgan fingerprint density at radius 2 is 1.87 bits per heavy atom. The number of esters is 1. The monoisotopic (exact) mass is 342 g/mol. The zero-order valence-electron chi connectivity index (χ0n) is 13.3. The number of nitrogens with zero attached hydrogens (tertiary/aromatic N) is 1. The first-order chi connectivity index (χ1) is 10.5. The quantitative estimate of drug-likeness (QED) is 0.538. The number of amides is 2. The van der Waals surface area contributed by atoms with E-state index in [2.05, 4.69) is 5.32 Å². The van der Waals surface area contributed by atoms with Crippen LogP contribution in [0.1, 0.15) is 27.7 Å². The van der Waals surface area contributed by atoms with Gasteiger partial charge in [-0.1, -0.05) is 13.8 Å². The second kappa shape index (κ2) is 4.56. The molecule has 1 N–H and O–H groups in total. The first-order valence-corrected chi connectivity index (χ1v) is 7.61. The fourth-order valence-electron chi connectivity index (χ4n) is 3.25. The first-order valence-electron chi connectivity index (χ1n) is 7.20. The maximum atomic E-state index is 13.0. The average Bonchev–Trinajstić information content (AvgIpc) is 3.00. The van der Waals surface area contributed by atoms with Crippen molar-refractivity contribution in [1.29, 1.82) is 0 Å². The third-order valence-corrected chi connectivity index (χ3v) is 4.80. The Labute approximate surface area is 138 Å². The lowest BCUT2D eigenvalue weighted by molar-refractivity contribution is -0.159. The van der Waals surface area contributed by atoms with E-state index in [0.717, 1.165) is 4.90 Å². The van der Waals surface area contributed by atoms with Gasteiger partial charge in [-0.05, 0) is 26.1 Å². The maximum Gasteiger partial charge on any atom is 0.417 e. The molecule has 126 valence electrons. The fraction of sp³-hybridized carbons (Fsp3) is 0.714. The van der Waals surface area contributed by atoms with Crippen molar-refractivity contribution < 1.29 is 28.6 Å². The van der Waals surface area contributed by atoms with Crippen LogP contribution in [0.2, 0.25) is 0 Å². The number of hydrogen-bond donors (Lipinski definition) is 1. The number of carbonyl (C=O) groups excluding carboxylic acids is 3. The summed E-state index contributed by atoms with van der Waals surface area (Å²) < 4.78 is 15.7. The molecule has 3 aliphatic rings. The van der Waals surface area contributed by atoms with Crippen molar-refractivity contribution in [3.05, 3.63) is 0 Å². The SMILES string of the molecule is CC1(C)COC(=O)N1C(=O)[C@H]1NC(=S)O[C@@]12C(=O)OCC2(C)C. The van der Waals surface area contributed by atoms with E-state index < -0.39 is 40.6 Å². The second-order valence-electron chi connectivity index (χ2n) is 7.20. The molecule has 3 fully saturated rings. The molecule has 0 aromatic heterocycles. The molecular formula is C14H18N2O6S. The number of nitrogens with one attached hydrogen (secondary N) is 1. The van der Waals surface area contributed by atoms with E-state index in [-0.39, 0.29) is 18.4 Å². The molecule has 0 aromatic carbocycles. The molecular weight excluding hydrogens is 324 g/mol. The summed E-state index contributed by atoms with van der Waals surface area (Å²) in [4.78, 5) is 38.4. The fourth-order valence-corrected chi connectivity index (χ4v) is 3.50. The Bertz CT molecular complexity index is 631. The summed E-state index contributed by atoms with van der Waals surface area (Å²) in [5.41, 5.74) is -3.22. The number of carbonyl (C=O) groups is 3. The van der Waals surface area contributed by atoms with Gasteiger partial charge in [0.05, 0.1) is 11.0 Å². The van der Waals surface area contributed by atoms with Crippen LogP contribution in [0.4, 0.5) is 4.79 Å². The summed E-state index contributed by atoms with van der Waals surface area (Å²) in [7, 11) is 0. The van der Waals surface area contributed by atoms with Crippen molar-refractivity contribution in [2.45, 2.75) is 44.9 Å². The van der Waals surface area contributed by atoms with E-state index >= 15 is 0 Å². The van der Waals surface area contributed by atoms with E-state index in [4.69, 9.17) is 26.4 Å². The molecule has 9 heteroatoms. The third kappa shape index (κ3) is 1.95. The van der Waals surface area contributed by atoms with Crippen LogP contribution in [0.3, 0.4) is 0 Å². The highest BCUT2D eigenvalue weighted by molar-refractivity contribution is 7.80. The highest BCUT2D eigenvalue weighted by atomic mass is 32.1. The molecule has 0 saturated carbocycles. The van der Waals surface area contributed by atoms with E-state index in [1.807, 2.05) is 0 Å². The molecule has 0 aliphatic carbocycles. The smallest absolute Gasteiger partial charge is 0.417 e. The van der Waals surface area contributed by atoms with Crippen LogP contribution < -0.4 is 5.32 Å². The molecule has 23 heavy (non-hydrogen) atoms. The second-order valence-corrected chi connectivity index (χ2v) is 7.57. The summed E-state index contributed by atoms with van der Waals surface area (Å²) in [5.74, 6) is -1.29. The topological polar surface area (TPSA) is 94.2 Å². The number of thiocarbonyl (C=S) groups is 1. The van der Waals surface area contributed by atoms with Gasteiger partial charge in [0, 0.05) is 0 Å². The zero-order valence-corrected chi connectivity index (χ0v) is 14.1. The number of rotatable bonds is 1. The summed E-state index contributed by atoms with van der Waals surface area (Å²) >= 11 is 5.01. The Morgan fingerprint density at radius 1 is 1.22 bits per heavy atom. The molecule has 8 nitrogen and oxygen atoms in total. The van der Waals surface area contributed by atoms with Crippen LogP contribution in [0.15, 0.2) is 0 Å². The van der Waals surface area contributed by atoms with E-state index in [1.165, 1.54) is 0 Å². The van der Waals surface area contributed by atoms with Gasteiger partial charge in [-0.2, -0.15) is 0 Å². The minimum absolute atomic E-state index is 0.0688. The van der Waals surface area contributed by atoms with Crippen LogP contribution >= 0.6 is 12.2 Å². The maximum absolute atomic E-state index is 13.0. The van der Waals surface area contributed by atoms with Crippen molar-refractivity contribution in [2.24, 2.45) is 5.41 Å². The summed E-state index contributed by atoms with van der Waals surface area (Å²) in [6.07, 6.45) is -0.751. The van der Waals surface area contributed by atoms with Crippen molar-refractivity contribution in [2.75, 3.05) is 13.2 Å². The van der Waals surface area contributed by atoms with E-state index in [1.54, 1.807) is 27.7 Å². The summed E-state index contributed by atoms with van der Waals surface area (Å²) in [5, 5.41) is 2.65. The summed E-state index contributed by atoms with van der Waals surface area (Å²) in [6.45, 7) is 7.08. The van der Waals surface area contributed by atoms with Gasteiger partial charge in [0.15, 0.2) is 6.04 Å². The lowest BCUT2D eigenvalue weighted by atomic mass is 9.72. The molecule has 0 unspecified atom stereocenters. The molecule has 3 saturated heterocycles. The predicted molar refractivity (Wildman–Crippen MR) is 80.4 cm³/mol. The number of ether oxygens (including phenoxy) is 3. The average molecular weight is 342 g/mol. The molecule has 3 aliphatic heterocycles. The van der Waals surface area contributed by atoms with Gasteiger partial charge in [0.2, 0.25) is 5.60 Å². The highest BCUT2D eigenvalue weighted by Gasteiger charge is 2.71. The molecule has 0 aromatic rings. The molecule has 1 spiro atoms. The predicted octanol–water partition coefficient (Wildman–Crippen LogP) is 0.339. The number of hydrogen-bond acceptors (Lipinski definition) is 7. The van der Waals surface area contributed by atoms with Crippen molar-refractivity contribution >= 4 is 35.4 Å². The molecule has 3 heterocycles. The van der Waals surface area contributed by atoms with Crippen molar-refractivity contribution in [3.8, 4) is 0 Å². The minimum atomic E-state index is -1.60. The molecule has 0 bridgehead atoms. The first kappa shape index (κ1) is 16.0. The minimum Gasteiger partial charge on any atom is -0.462 e. The number of imide groups is 1. The van der Waals surface area contributed by atoms with Crippen molar-refractivity contribution in [3.63, 3.8) is 0 Å². The van der Waals surface area contributed by atoms with Crippen molar-refractivity contribution in [1.82, 2.24) is 10.2 Å². The van der Waals surface area contributed by atoms with Gasteiger partial charge < -0.3 is 19.5 Å². The van der Waals surface area contributed by atoms with Crippen LogP contribution in [-0.4, -0.2) is 58.4 Å². The Morgan fingerprint density at radius 3 is 2.35 bits per heavy atom. The number of cyclic esters (lactones) is 2. The molecule has 0 radical (unpaired) electrons. The Balaban J connectivity index is 2.04. The molecule has 2 atom stereocenters. The standard InChI is InChI=1S/C14H18N2O6S/c1-12(2)5-20-9(18)14(12)7(15-10(23)22-14)8(17)16-11(19)21-6-13(16,3)4/h7H,5-6H2,1-4H3,(H,15,23)/t7-,14-/m1/s1. The van der Waals surface area contributed by atoms with Gasteiger partial charge in [0.25, 0.3) is 11.1 Å². The van der Waals surface area contributed by atoms with Gasteiger partial charge in [0.1, 0.15) is 13.2 Å². The third-order valence-electron chi connectivity index (χ3n) is 4.60. The van der Waals surface area contributed by atoms with E-state index in [0.29, 0.717) is 0 Å².